The van der Waals surface area contributed by atoms with Crippen LogP contribution in [-0.4, -0.2) is 12.2 Å². The maximum absolute atomic E-state index is 11.1. The molecule has 1 N–H and O–H groups in total. The lowest BCUT2D eigenvalue weighted by Crippen LogP contribution is -1.94. The van der Waals surface area contributed by atoms with E-state index in [-0.39, 0.29) is 34.6 Å². The molecule has 2 aromatic rings. The van der Waals surface area contributed by atoms with Crippen LogP contribution in [0.15, 0.2) is 33.4 Å². The topological polar surface area (TPSA) is 59.7 Å². The van der Waals surface area contributed by atoms with Crippen molar-refractivity contribution >= 4 is 11.0 Å². The van der Waals surface area contributed by atoms with Crippen LogP contribution in [0.1, 0.15) is 2.74 Å². The third kappa shape index (κ3) is 1.31. The van der Waals surface area contributed by atoms with E-state index in [1.165, 1.54) is 19.2 Å². The molecule has 0 spiro atoms. The molecule has 0 aliphatic carbocycles. The second-order valence-electron chi connectivity index (χ2n) is 2.64. The lowest BCUT2D eigenvalue weighted by atomic mass is 10.2. The van der Waals surface area contributed by atoms with Crippen molar-refractivity contribution < 1.29 is 17.0 Å². The molecule has 1 heterocycles. The molecule has 4 heteroatoms. The number of rotatable bonds is 1. The number of benzene rings is 1. The molecule has 0 radical (unpaired) electrons. The van der Waals surface area contributed by atoms with Gasteiger partial charge in [-0.05, 0) is 12.1 Å². The Morgan fingerprint density at radius 1 is 1.64 bits per heavy atom. The first kappa shape index (κ1) is 6.48. The summed E-state index contributed by atoms with van der Waals surface area (Å²) in [7, 11) is 1.32. The number of methoxy groups -OCH3 is 1. The lowest BCUT2D eigenvalue weighted by molar-refractivity contribution is 0.373. The Kier molecular flexibility index (Phi) is 1.42. The van der Waals surface area contributed by atoms with E-state index in [0.29, 0.717) is 0 Å². The van der Waals surface area contributed by atoms with Crippen LogP contribution in [0.25, 0.3) is 11.0 Å². The Balaban J connectivity index is 2.93. The average molecular weight is 194 g/mol. The minimum atomic E-state index is -0.809. The first-order valence-corrected chi connectivity index (χ1v) is 3.85. The quantitative estimate of drug-likeness (QED) is 0.699. The number of hydrogen-bond acceptors (Lipinski definition) is 4. The van der Waals surface area contributed by atoms with Crippen LogP contribution in [0.4, 0.5) is 0 Å². The summed E-state index contributed by atoms with van der Waals surface area (Å²) in [5, 5.41) is 9.74. The summed E-state index contributed by atoms with van der Waals surface area (Å²) in [6, 6.07) is 1.95. The van der Waals surface area contributed by atoms with Gasteiger partial charge in [0.15, 0.2) is 11.5 Å². The van der Waals surface area contributed by atoms with Crippen molar-refractivity contribution in [1.29, 1.82) is 0 Å². The Morgan fingerprint density at radius 2 is 2.43 bits per heavy atom. The van der Waals surface area contributed by atoms with Gasteiger partial charge in [0.05, 0.1) is 9.85 Å². The first-order chi connectivity index (χ1) is 7.54. The van der Waals surface area contributed by atoms with Gasteiger partial charge in [-0.25, -0.2) is 4.79 Å². The number of hydrogen-bond donors (Lipinski definition) is 1. The molecule has 0 atom stereocenters. The van der Waals surface area contributed by atoms with Crippen LogP contribution in [0.2, 0.25) is 0 Å². The van der Waals surface area contributed by atoms with E-state index in [1.807, 2.05) is 0 Å². The van der Waals surface area contributed by atoms with Crippen LogP contribution in [0.3, 0.4) is 0 Å². The van der Waals surface area contributed by atoms with E-state index in [4.69, 9.17) is 11.9 Å². The largest absolute Gasteiger partial charge is 0.504 e. The van der Waals surface area contributed by atoms with Gasteiger partial charge >= 0.3 is 5.63 Å². The smallest absolute Gasteiger partial charge is 0.336 e. The zero-order valence-electron chi connectivity index (χ0n) is 9.33. The van der Waals surface area contributed by atoms with Gasteiger partial charge in [0.25, 0.3) is 0 Å². The number of phenolic OH excluding ortho intramolecular Hbond substituents is 1. The van der Waals surface area contributed by atoms with E-state index >= 15 is 0 Å². The zero-order chi connectivity index (χ0) is 11.9. The molecule has 14 heavy (non-hydrogen) atoms. The molecular weight excluding hydrogens is 184 g/mol. The Bertz CT molecular complexity index is 618. The highest BCUT2D eigenvalue weighted by Gasteiger charge is 2.05. The van der Waals surface area contributed by atoms with Crippen molar-refractivity contribution in [1.82, 2.24) is 0 Å². The molecular formula is C10H8O4. The Hall–Kier alpha value is -1.97. The second-order valence-corrected chi connectivity index (χ2v) is 2.64. The molecule has 2 rings (SSSR count). The first-order valence-electron chi connectivity index (χ1n) is 4.85. The predicted molar refractivity (Wildman–Crippen MR) is 50.7 cm³/mol. The maximum Gasteiger partial charge on any atom is 0.336 e. The van der Waals surface area contributed by atoms with E-state index in [9.17, 15) is 9.90 Å². The fraction of sp³-hybridized carbons (Fsp3) is 0.100. The van der Waals surface area contributed by atoms with Crippen LogP contribution >= 0.6 is 0 Å². The van der Waals surface area contributed by atoms with E-state index in [0.717, 1.165) is 0 Å². The number of phenols is 1. The van der Waals surface area contributed by atoms with Crippen LogP contribution in [0.5, 0.6) is 11.5 Å². The minimum absolute atomic E-state index is 0.0132. The summed E-state index contributed by atoms with van der Waals surface area (Å²) in [6.45, 7) is 0. The van der Waals surface area contributed by atoms with Gasteiger partial charge in [-0.3, -0.25) is 0 Å². The molecule has 0 bridgehead atoms. The molecule has 72 valence electrons. The van der Waals surface area contributed by atoms with Gasteiger partial charge in [0.1, 0.15) is 5.58 Å². The van der Waals surface area contributed by atoms with Gasteiger partial charge in [0.2, 0.25) is 0 Å². The van der Waals surface area contributed by atoms with Crippen LogP contribution in [0, 0.1) is 0 Å². The monoisotopic (exact) mass is 194 g/mol. The van der Waals surface area contributed by atoms with Gasteiger partial charge in [-0.2, -0.15) is 0 Å². The summed E-state index contributed by atoms with van der Waals surface area (Å²) >= 11 is 0. The van der Waals surface area contributed by atoms with E-state index in [2.05, 4.69) is 0 Å². The molecule has 0 aliphatic heterocycles. The fourth-order valence-corrected chi connectivity index (χ4v) is 1.12. The fourth-order valence-electron chi connectivity index (χ4n) is 1.12. The summed E-state index contributed by atoms with van der Waals surface area (Å²) in [5.74, 6) is -0.290. The average Bonchev–Trinajstić information content (AvgIpc) is 2.22. The van der Waals surface area contributed by atoms with Crippen molar-refractivity contribution in [3.8, 4) is 11.5 Å². The summed E-state index contributed by atoms with van der Waals surface area (Å²) in [6.07, 6.45) is 0. The number of ether oxygens (including phenoxy) is 1. The maximum atomic E-state index is 11.1. The van der Waals surface area contributed by atoms with E-state index in [1.54, 1.807) is 0 Å². The van der Waals surface area contributed by atoms with Crippen molar-refractivity contribution in [2.45, 2.75) is 0 Å². The van der Waals surface area contributed by atoms with Gasteiger partial charge in [-0.1, -0.05) is 0 Å². The highest BCUT2D eigenvalue weighted by Crippen LogP contribution is 2.30. The van der Waals surface area contributed by atoms with Crippen LogP contribution < -0.4 is 10.4 Å². The SMILES string of the molecule is [2H]c1cc2c([2H])c(OC)c(O)cc2oc1=O. The van der Waals surface area contributed by atoms with Crippen molar-refractivity contribution in [3.05, 3.63) is 34.6 Å². The molecule has 1 aromatic heterocycles. The standard InChI is InChI=1S/C10H8O4/c1-13-9-4-6-2-3-10(12)14-8(6)5-7(9)11/h2-5,11H,1H3/i3D,4D. The second kappa shape index (κ2) is 3.06. The highest BCUT2D eigenvalue weighted by molar-refractivity contribution is 5.80. The molecule has 0 fully saturated rings. The van der Waals surface area contributed by atoms with Gasteiger partial charge in [0, 0.05) is 17.5 Å². The van der Waals surface area contributed by atoms with E-state index < -0.39 is 5.63 Å². The zero-order valence-corrected chi connectivity index (χ0v) is 7.33. The minimum Gasteiger partial charge on any atom is -0.504 e. The third-order valence-corrected chi connectivity index (χ3v) is 1.76. The lowest BCUT2D eigenvalue weighted by Gasteiger charge is -2.03. The Labute approximate surface area is 82.2 Å². The number of aromatic hydroxyl groups is 1. The molecule has 1 aromatic carbocycles. The van der Waals surface area contributed by atoms with Crippen molar-refractivity contribution in [2.75, 3.05) is 7.11 Å². The van der Waals surface area contributed by atoms with Crippen molar-refractivity contribution in [3.63, 3.8) is 0 Å². The predicted octanol–water partition coefficient (Wildman–Crippen LogP) is 1.51. The third-order valence-electron chi connectivity index (χ3n) is 1.76. The van der Waals surface area contributed by atoms with Gasteiger partial charge < -0.3 is 14.3 Å². The summed E-state index contributed by atoms with van der Waals surface area (Å²) in [5.41, 5.74) is -0.749. The highest BCUT2D eigenvalue weighted by atomic mass is 16.5. The molecule has 0 aliphatic rings. The summed E-state index contributed by atoms with van der Waals surface area (Å²) in [4.78, 5) is 11.1. The summed E-state index contributed by atoms with van der Waals surface area (Å²) < 4.78 is 24.6. The molecule has 0 saturated heterocycles. The molecule has 4 nitrogen and oxygen atoms in total. The molecule has 0 amide bonds. The van der Waals surface area contributed by atoms with Crippen LogP contribution in [-0.2, 0) is 0 Å². The van der Waals surface area contributed by atoms with Gasteiger partial charge in [-0.15, -0.1) is 0 Å². The number of fused-ring (bicyclic) bond motifs is 1. The molecule has 0 unspecified atom stereocenters. The normalized spacial score (nSPS) is 12.4. The Morgan fingerprint density at radius 3 is 3.14 bits per heavy atom. The molecule has 0 saturated carbocycles. The van der Waals surface area contributed by atoms with Crippen molar-refractivity contribution in [2.24, 2.45) is 0 Å².